The molecular weight excluding hydrogens is 1350 g/mol. The van der Waals surface area contributed by atoms with Crippen LogP contribution in [0.15, 0.2) is 0 Å². The van der Waals surface area contributed by atoms with Crippen LogP contribution in [0.1, 0.15) is 441 Å². The molecule has 0 aliphatic carbocycles. The number of aliphatic hydroxyl groups excluding tert-OH is 1. The SMILES string of the molecule is CCC(C)CCCCCCCCCCCCCCCCCCCCC(=O)OC[C@H](COP(=O)(O)OC[C@@H](O)COP(=O)(O)OC[C@@H](COC(=O)CCCCCCCCC(C)CC)OC(=O)CCCCCCCCCCCCC(C)CC)OC(=O)CCCCCCCCCCCCCCCCCC(C)C. The van der Waals surface area contributed by atoms with Gasteiger partial charge in [0.15, 0.2) is 12.2 Å². The second-order valence-electron chi connectivity index (χ2n) is 31.8. The minimum Gasteiger partial charge on any atom is -0.462 e. The minimum atomic E-state index is -4.97. The number of aliphatic hydroxyl groups is 1. The summed E-state index contributed by atoms with van der Waals surface area (Å²) in [4.78, 5) is 73.2. The predicted molar refractivity (Wildman–Crippen MR) is 428 cm³/mol. The molecule has 5 unspecified atom stereocenters. The number of phosphoric acid groups is 2. The Hall–Kier alpha value is -1.94. The van der Waals surface area contributed by atoms with E-state index in [9.17, 15) is 43.2 Å². The lowest BCUT2D eigenvalue weighted by Crippen LogP contribution is -2.30. The van der Waals surface area contributed by atoms with Crippen molar-refractivity contribution in [2.45, 2.75) is 459 Å². The Balaban J connectivity index is 5.22. The molecule has 19 heteroatoms. The topological polar surface area (TPSA) is 237 Å². The van der Waals surface area contributed by atoms with Gasteiger partial charge in [-0.1, -0.05) is 389 Å². The van der Waals surface area contributed by atoms with Crippen LogP contribution < -0.4 is 0 Å². The highest BCUT2D eigenvalue weighted by Gasteiger charge is 2.31. The number of hydrogen-bond donors (Lipinski definition) is 3. The molecule has 0 aliphatic rings. The molecule has 0 heterocycles. The highest BCUT2D eigenvalue weighted by atomic mass is 31.2. The van der Waals surface area contributed by atoms with Crippen molar-refractivity contribution in [2.24, 2.45) is 23.7 Å². The summed E-state index contributed by atoms with van der Waals surface area (Å²) in [5.41, 5.74) is 0. The third kappa shape index (κ3) is 74.2. The Morgan fingerprint density at radius 3 is 0.683 bits per heavy atom. The normalized spacial score (nSPS) is 14.7. The first-order valence-corrected chi connectivity index (χ1v) is 46.8. The maximum Gasteiger partial charge on any atom is 0.472 e. The van der Waals surface area contributed by atoms with Gasteiger partial charge in [0.2, 0.25) is 0 Å². The molecule has 0 radical (unpaired) electrons. The smallest absolute Gasteiger partial charge is 0.462 e. The zero-order chi connectivity index (χ0) is 76.7. The van der Waals surface area contributed by atoms with Gasteiger partial charge in [-0.3, -0.25) is 37.3 Å². The minimum absolute atomic E-state index is 0.105. The first-order chi connectivity index (χ1) is 50.2. The van der Waals surface area contributed by atoms with E-state index in [1.807, 2.05) is 0 Å². The third-order valence-corrected chi connectivity index (χ3v) is 22.8. The summed E-state index contributed by atoms with van der Waals surface area (Å²) < 4.78 is 68.8. The summed E-state index contributed by atoms with van der Waals surface area (Å²) >= 11 is 0. The second kappa shape index (κ2) is 73.8. The van der Waals surface area contributed by atoms with Gasteiger partial charge in [-0.05, 0) is 49.4 Å². The van der Waals surface area contributed by atoms with Crippen molar-refractivity contribution in [3.05, 3.63) is 0 Å². The fraction of sp³-hybridized carbons (Fsp3) is 0.953. The third-order valence-electron chi connectivity index (χ3n) is 20.9. The average molecular weight is 1520 g/mol. The number of phosphoric ester groups is 2. The molecule has 0 aromatic carbocycles. The molecule has 17 nitrogen and oxygen atoms in total. The van der Waals surface area contributed by atoms with Crippen LogP contribution in [-0.4, -0.2) is 96.7 Å². The highest BCUT2D eigenvalue weighted by Crippen LogP contribution is 2.45. The van der Waals surface area contributed by atoms with Gasteiger partial charge in [0, 0.05) is 25.7 Å². The van der Waals surface area contributed by atoms with Crippen molar-refractivity contribution < 1.29 is 80.2 Å². The van der Waals surface area contributed by atoms with Crippen molar-refractivity contribution in [3.8, 4) is 0 Å². The molecule has 0 saturated carbocycles. The molecule has 0 amide bonds. The van der Waals surface area contributed by atoms with Gasteiger partial charge in [-0.15, -0.1) is 0 Å². The molecule has 0 saturated heterocycles. The Bertz CT molecular complexity index is 2030. The lowest BCUT2D eigenvalue weighted by molar-refractivity contribution is -0.161. The van der Waals surface area contributed by atoms with E-state index in [1.54, 1.807) is 0 Å². The van der Waals surface area contributed by atoms with E-state index in [0.717, 1.165) is 120 Å². The van der Waals surface area contributed by atoms with Gasteiger partial charge in [-0.2, -0.15) is 0 Å². The predicted octanol–water partition coefficient (Wildman–Crippen LogP) is 25.6. The number of esters is 4. The average Bonchev–Trinajstić information content (AvgIpc) is 0.906. The zero-order valence-corrected chi connectivity index (χ0v) is 70.5. The van der Waals surface area contributed by atoms with Crippen molar-refractivity contribution in [1.29, 1.82) is 0 Å². The molecule has 0 spiro atoms. The molecule has 0 aromatic rings. The zero-order valence-electron chi connectivity index (χ0n) is 68.7. The molecule has 0 fully saturated rings. The number of carbonyl (C=O) groups excluding carboxylic acids is 4. The molecule has 0 rings (SSSR count). The lowest BCUT2D eigenvalue weighted by atomic mass is 9.99. The van der Waals surface area contributed by atoms with Crippen LogP contribution in [0.5, 0.6) is 0 Å². The molecule has 0 bridgehead atoms. The van der Waals surface area contributed by atoms with Gasteiger partial charge in [-0.25, -0.2) is 9.13 Å². The fourth-order valence-corrected chi connectivity index (χ4v) is 14.6. The van der Waals surface area contributed by atoms with E-state index in [1.165, 1.54) is 238 Å². The maximum absolute atomic E-state index is 13.1. The molecule has 8 atom stereocenters. The lowest BCUT2D eigenvalue weighted by Gasteiger charge is -2.21. The van der Waals surface area contributed by atoms with Gasteiger partial charge >= 0.3 is 39.5 Å². The molecule has 3 N–H and O–H groups in total. The van der Waals surface area contributed by atoms with Gasteiger partial charge in [0.05, 0.1) is 26.4 Å². The number of rotatable bonds is 82. The van der Waals surface area contributed by atoms with Crippen LogP contribution in [0.3, 0.4) is 0 Å². The van der Waals surface area contributed by atoms with E-state index in [-0.39, 0.29) is 25.7 Å². The Kier molecular flexibility index (Phi) is 72.5. The molecule has 104 heavy (non-hydrogen) atoms. The number of hydrogen-bond acceptors (Lipinski definition) is 15. The molecule has 618 valence electrons. The number of carbonyl (C=O) groups is 4. The van der Waals surface area contributed by atoms with Gasteiger partial charge < -0.3 is 33.8 Å². The first kappa shape index (κ1) is 102. The summed E-state index contributed by atoms with van der Waals surface area (Å²) in [6.07, 6.45) is 62.5. The van der Waals surface area contributed by atoms with E-state index in [0.29, 0.717) is 25.7 Å². The van der Waals surface area contributed by atoms with Crippen LogP contribution in [0.2, 0.25) is 0 Å². The molecular formula is C85H166O17P2. The van der Waals surface area contributed by atoms with E-state index in [2.05, 4.69) is 55.4 Å². The van der Waals surface area contributed by atoms with Crippen molar-refractivity contribution in [1.82, 2.24) is 0 Å². The van der Waals surface area contributed by atoms with Crippen LogP contribution in [-0.2, 0) is 65.4 Å². The van der Waals surface area contributed by atoms with Crippen molar-refractivity contribution >= 4 is 39.5 Å². The highest BCUT2D eigenvalue weighted by molar-refractivity contribution is 7.47. The number of unbranched alkanes of at least 4 members (excludes halogenated alkanes) is 45. The quantitative estimate of drug-likeness (QED) is 0.0222. The van der Waals surface area contributed by atoms with Crippen LogP contribution >= 0.6 is 15.6 Å². The standard InChI is InChI=1S/C85H166O17P2/c1-9-76(6)62-54-46-38-32-26-22-18-14-12-13-15-19-23-27-34-40-49-57-65-82(87)95-71-80(101-84(89)67-59-51-41-35-28-24-20-16-17-21-25-31-37-45-53-61-75(4)5)73-99-103(91,92)97-69-79(86)70-98-104(93,94)100-74-81(72-96-83(88)66-58-50-44-43-48-56-64-78(8)11-3)102-85(90)68-60-52-42-36-30-29-33-39-47-55-63-77(7)10-2/h75-81,86H,9-74H2,1-8H3,(H,91,92)(H,93,94)/t76?,77?,78?,79-,80-,81-/m1/s1. The van der Waals surface area contributed by atoms with Gasteiger partial charge in [0.1, 0.15) is 19.3 Å². The monoisotopic (exact) mass is 1520 g/mol. The van der Waals surface area contributed by atoms with E-state index in [4.69, 9.17) is 37.0 Å². The Labute approximate surface area is 638 Å². The fourth-order valence-electron chi connectivity index (χ4n) is 13.0. The van der Waals surface area contributed by atoms with Crippen LogP contribution in [0, 0.1) is 23.7 Å². The van der Waals surface area contributed by atoms with E-state index < -0.39 is 97.5 Å². The molecule has 0 aromatic heterocycles. The van der Waals surface area contributed by atoms with Crippen molar-refractivity contribution in [3.63, 3.8) is 0 Å². The van der Waals surface area contributed by atoms with Crippen LogP contribution in [0.25, 0.3) is 0 Å². The first-order valence-electron chi connectivity index (χ1n) is 43.8. The summed E-state index contributed by atoms with van der Waals surface area (Å²) in [5.74, 6) is 1.10. The maximum atomic E-state index is 13.1. The summed E-state index contributed by atoms with van der Waals surface area (Å²) in [7, 11) is -9.93. The summed E-state index contributed by atoms with van der Waals surface area (Å²) in [5, 5.41) is 10.7. The van der Waals surface area contributed by atoms with Crippen LogP contribution in [0.4, 0.5) is 0 Å². The summed E-state index contributed by atoms with van der Waals surface area (Å²) in [6, 6.07) is 0. The van der Waals surface area contributed by atoms with Crippen molar-refractivity contribution in [2.75, 3.05) is 39.6 Å². The van der Waals surface area contributed by atoms with E-state index >= 15 is 0 Å². The molecule has 0 aliphatic heterocycles. The largest absolute Gasteiger partial charge is 0.472 e. The number of ether oxygens (including phenoxy) is 4. The Morgan fingerprint density at radius 2 is 0.462 bits per heavy atom. The summed E-state index contributed by atoms with van der Waals surface area (Å²) in [6.45, 7) is 14.3. The second-order valence-corrected chi connectivity index (χ2v) is 34.7. The van der Waals surface area contributed by atoms with Gasteiger partial charge in [0.25, 0.3) is 0 Å². The Morgan fingerprint density at radius 1 is 0.269 bits per heavy atom.